The maximum absolute atomic E-state index is 13.4. The van der Waals surface area contributed by atoms with Gasteiger partial charge in [0.1, 0.15) is 21.4 Å². The predicted octanol–water partition coefficient (Wildman–Crippen LogP) is 3.54. The average molecular weight is 566 g/mol. The Morgan fingerprint density at radius 1 is 1.12 bits per heavy atom. The van der Waals surface area contributed by atoms with Crippen LogP contribution in [0.15, 0.2) is 52.0 Å². The molecule has 212 valence electrons. The van der Waals surface area contributed by atoms with E-state index in [4.69, 9.17) is 10.5 Å². The summed E-state index contributed by atoms with van der Waals surface area (Å²) in [6.07, 6.45) is 6.28. The van der Waals surface area contributed by atoms with Gasteiger partial charge in [-0.15, -0.1) is 0 Å². The summed E-state index contributed by atoms with van der Waals surface area (Å²) in [5.74, 6) is 0.676. The van der Waals surface area contributed by atoms with Gasteiger partial charge in [-0.25, -0.2) is 18.4 Å². The van der Waals surface area contributed by atoms with Crippen LogP contribution in [0, 0.1) is 0 Å². The molecule has 0 fully saturated rings. The minimum Gasteiger partial charge on any atom is -0.496 e. The molecule has 2 N–H and O–H groups in total. The number of amides is 1. The van der Waals surface area contributed by atoms with Crippen molar-refractivity contribution in [1.29, 1.82) is 0 Å². The lowest BCUT2D eigenvalue weighted by Crippen LogP contribution is -2.34. The highest BCUT2D eigenvalue weighted by atomic mass is 32.2. The van der Waals surface area contributed by atoms with Gasteiger partial charge in [0.25, 0.3) is 5.56 Å². The number of aromatic nitrogens is 2. The van der Waals surface area contributed by atoms with Crippen molar-refractivity contribution in [2.24, 2.45) is 10.7 Å². The van der Waals surface area contributed by atoms with E-state index in [2.05, 4.69) is 9.98 Å². The quantitative estimate of drug-likeness (QED) is 0.397. The molecule has 0 radical (unpaired) electrons. The number of aliphatic imine (C=N–C) groups is 1. The third-order valence-corrected chi connectivity index (χ3v) is 7.63. The van der Waals surface area contributed by atoms with Gasteiger partial charge in [-0.05, 0) is 54.3 Å². The average Bonchev–Trinajstić information content (AvgIpc) is 3.08. The van der Waals surface area contributed by atoms with Gasteiger partial charge < -0.3 is 15.4 Å². The van der Waals surface area contributed by atoms with Gasteiger partial charge in [0, 0.05) is 43.4 Å². The fourth-order valence-corrected chi connectivity index (χ4v) is 5.28. The summed E-state index contributed by atoms with van der Waals surface area (Å²) in [5, 5.41) is 0.388. The van der Waals surface area contributed by atoms with Gasteiger partial charge >= 0.3 is 0 Å². The maximum atomic E-state index is 13.4. The molecule has 0 spiro atoms. The third-order valence-electron chi connectivity index (χ3n) is 6.70. The number of ether oxygens (including phenoxy) is 1. The van der Waals surface area contributed by atoms with Gasteiger partial charge in [0.15, 0.2) is 0 Å². The van der Waals surface area contributed by atoms with E-state index in [-0.39, 0.29) is 30.2 Å². The molecule has 1 aromatic heterocycles. The van der Waals surface area contributed by atoms with Crippen LogP contribution in [-0.2, 0) is 21.2 Å². The molecule has 2 heterocycles. The number of aryl methyl sites for hydroxylation is 1. The summed E-state index contributed by atoms with van der Waals surface area (Å²) < 4.78 is 30.1. The number of fused-ring (bicyclic) bond motifs is 2. The number of carbonyl (C=O) groups is 1. The van der Waals surface area contributed by atoms with E-state index < -0.39 is 9.84 Å². The molecular weight excluding hydrogens is 530 g/mol. The van der Waals surface area contributed by atoms with Crippen LogP contribution in [0.5, 0.6) is 5.75 Å². The van der Waals surface area contributed by atoms with Crippen molar-refractivity contribution in [3.8, 4) is 16.9 Å². The van der Waals surface area contributed by atoms with Gasteiger partial charge in [-0.1, -0.05) is 19.9 Å². The first-order chi connectivity index (χ1) is 19.0. The molecule has 2 aromatic carbocycles. The molecule has 1 aliphatic heterocycles. The zero-order chi connectivity index (χ0) is 29.0. The molecule has 3 aromatic rings. The lowest BCUT2D eigenvalue weighted by molar-refractivity contribution is -0.127. The van der Waals surface area contributed by atoms with Gasteiger partial charge in [0.2, 0.25) is 5.91 Å². The standard InChI is InChI=1S/C29H35N5O5S/c1-5-9-33(10-6-2)28(35)21-13-23-25(32-27(30)17-21)15-20(16-26(23)39-3)19-7-8-22-24(14-19)31-18-34(29(22)36)11-12-40(4,37)38/h7-8,13-16,18H,5-6,9-12,17H2,1-4H3,(H2,30,32). The van der Waals surface area contributed by atoms with Crippen molar-refractivity contribution in [2.45, 2.75) is 39.7 Å². The number of amidine groups is 1. The molecule has 11 heteroatoms. The number of nitrogens with zero attached hydrogens (tertiary/aromatic N) is 4. The minimum absolute atomic E-state index is 0.0382. The highest BCUT2D eigenvalue weighted by Crippen LogP contribution is 2.39. The summed E-state index contributed by atoms with van der Waals surface area (Å²) >= 11 is 0. The highest BCUT2D eigenvalue weighted by molar-refractivity contribution is 7.90. The van der Waals surface area contributed by atoms with Gasteiger partial charge in [-0.3, -0.25) is 14.2 Å². The van der Waals surface area contributed by atoms with E-state index in [1.54, 1.807) is 25.3 Å². The highest BCUT2D eigenvalue weighted by Gasteiger charge is 2.23. The lowest BCUT2D eigenvalue weighted by Gasteiger charge is -2.22. The Morgan fingerprint density at radius 3 is 2.50 bits per heavy atom. The van der Waals surface area contributed by atoms with Gasteiger partial charge in [-0.2, -0.15) is 0 Å². The molecule has 0 saturated carbocycles. The fourth-order valence-electron chi connectivity index (χ4n) is 4.76. The molecule has 0 aliphatic carbocycles. The molecule has 0 atom stereocenters. The largest absolute Gasteiger partial charge is 0.496 e. The molecule has 0 saturated heterocycles. The number of rotatable bonds is 10. The molecule has 40 heavy (non-hydrogen) atoms. The van der Waals surface area contributed by atoms with Crippen molar-refractivity contribution in [3.63, 3.8) is 0 Å². The van der Waals surface area contributed by atoms with Crippen molar-refractivity contribution < 1.29 is 17.9 Å². The summed E-state index contributed by atoms with van der Waals surface area (Å²) in [7, 11) is -1.65. The number of hydrogen-bond donors (Lipinski definition) is 1. The summed E-state index contributed by atoms with van der Waals surface area (Å²) in [4.78, 5) is 37.2. The first-order valence-electron chi connectivity index (χ1n) is 13.3. The summed E-state index contributed by atoms with van der Waals surface area (Å²) in [6.45, 7) is 5.47. The topological polar surface area (TPSA) is 137 Å². The molecule has 4 rings (SSSR count). The summed E-state index contributed by atoms with van der Waals surface area (Å²) in [6, 6.07) is 9.01. The van der Waals surface area contributed by atoms with Gasteiger partial charge in [0.05, 0.1) is 35.8 Å². The number of hydrogen-bond acceptors (Lipinski definition) is 8. The molecule has 10 nitrogen and oxygen atoms in total. The fraction of sp³-hybridized carbons (Fsp3) is 0.379. The van der Waals surface area contributed by atoms with E-state index in [9.17, 15) is 18.0 Å². The molecule has 1 amide bonds. The maximum Gasteiger partial charge on any atom is 0.261 e. The Morgan fingerprint density at radius 2 is 1.85 bits per heavy atom. The SMILES string of the molecule is CCCN(CCC)C(=O)C1=Cc2c(cc(-c3ccc4c(=O)n(CCS(C)(=O)=O)cnc4c3)cc2OC)N=C(N)C1. The number of nitrogens with two attached hydrogens (primary N) is 1. The normalized spacial score (nSPS) is 13.3. The first kappa shape index (κ1) is 29.0. The number of sulfone groups is 1. The molecule has 0 bridgehead atoms. The third kappa shape index (κ3) is 6.41. The monoisotopic (exact) mass is 565 g/mol. The van der Waals surface area contributed by atoms with Crippen LogP contribution in [0.1, 0.15) is 38.7 Å². The smallest absolute Gasteiger partial charge is 0.261 e. The lowest BCUT2D eigenvalue weighted by atomic mass is 9.99. The van der Waals surface area contributed by atoms with Crippen LogP contribution in [0.2, 0.25) is 0 Å². The van der Waals surface area contributed by atoms with E-state index in [1.165, 1.54) is 10.9 Å². The van der Waals surface area contributed by atoms with Crippen molar-refractivity contribution in [2.75, 3.05) is 32.2 Å². The Bertz CT molecular complexity index is 1670. The Kier molecular flexibility index (Phi) is 8.73. The van der Waals surface area contributed by atoms with Crippen molar-refractivity contribution >= 4 is 44.2 Å². The zero-order valence-corrected chi connectivity index (χ0v) is 24.1. The Labute approximate surface area is 234 Å². The second-order valence-electron chi connectivity index (χ2n) is 9.96. The van der Waals surface area contributed by atoms with E-state index in [1.807, 2.05) is 37.0 Å². The zero-order valence-electron chi connectivity index (χ0n) is 23.3. The van der Waals surface area contributed by atoms with Crippen LogP contribution < -0.4 is 16.0 Å². The number of benzene rings is 2. The van der Waals surface area contributed by atoms with Crippen molar-refractivity contribution in [3.05, 3.63) is 58.1 Å². The number of methoxy groups -OCH3 is 1. The summed E-state index contributed by atoms with van der Waals surface area (Å²) in [5.41, 5.74) is 9.83. The second-order valence-corrected chi connectivity index (χ2v) is 12.2. The van der Waals surface area contributed by atoms with Crippen LogP contribution in [0.25, 0.3) is 28.1 Å². The molecule has 1 aliphatic rings. The van der Waals surface area contributed by atoms with Crippen LogP contribution in [0.3, 0.4) is 0 Å². The van der Waals surface area contributed by atoms with Crippen LogP contribution in [0.4, 0.5) is 5.69 Å². The Hall–Kier alpha value is -3.99. The van der Waals surface area contributed by atoms with E-state index in [0.717, 1.165) is 30.2 Å². The number of carbonyl (C=O) groups excluding carboxylic acids is 1. The van der Waals surface area contributed by atoms with Crippen LogP contribution in [-0.4, -0.2) is 66.8 Å². The minimum atomic E-state index is -3.22. The van der Waals surface area contributed by atoms with E-state index >= 15 is 0 Å². The van der Waals surface area contributed by atoms with E-state index in [0.29, 0.717) is 52.4 Å². The second kappa shape index (κ2) is 12.0. The Balaban J connectivity index is 1.75. The predicted molar refractivity (Wildman–Crippen MR) is 159 cm³/mol. The van der Waals surface area contributed by atoms with Crippen molar-refractivity contribution in [1.82, 2.24) is 14.5 Å². The van der Waals surface area contributed by atoms with Crippen LogP contribution >= 0.6 is 0 Å². The molecular formula is C29H35N5O5S. The first-order valence-corrected chi connectivity index (χ1v) is 15.3. The molecule has 0 unspecified atom stereocenters.